The van der Waals surface area contributed by atoms with Crippen molar-refractivity contribution in [2.45, 2.75) is 0 Å². The predicted octanol–water partition coefficient (Wildman–Crippen LogP) is 3.94. The maximum absolute atomic E-state index is 14.5. The second-order valence-electron chi connectivity index (χ2n) is 5.40. The van der Waals surface area contributed by atoms with Crippen LogP contribution in [0.5, 0.6) is 0 Å². The van der Waals surface area contributed by atoms with E-state index in [9.17, 15) is 4.39 Å². The number of hydrogen-bond acceptors (Lipinski definition) is 5. The fourth-order valence-corrected chi connectivity index (χ4v) is 2.73. The fourth-order valence-electron chi connectivity index (χ4n) is 2.73. The van der Waals surface area contributed by atoms with E-state index in [0.717, 1.165) is 22.3 Å². The highest BCUT2D eigenvalue weighted by atomic mass is 19.1. The third-order valence-corrected chi connectivity index (χ3v) is 3.94. The predicted molar refractivity (Wildman–Crippen MR) is 96.3 cm³/mol. The van der Waals surface area contributed by atoms with Crippen LogP contribution in [0.2, 0.25) is 0 Å². The maximum Gasteiger partial charge on any atom is 0.169 e. The fraction of sp³-hybridized carbons (Fsp3) is 0.0556. The number of aromatic amines is 1. The van der Waals surface area contributed by atoms with Crippen LogP contribution >= 0.6 is 0 Å². The first-order chi connectivity index (χ1) is 12.3. The van der Waals surface area contributed by atoms with E-state index in [1.165, 1.54) is 6.33 Å². The van der Waals surface area contributed by atoms with E-state index < -0.39 is 0 Å². The van der Waals surface area contributed by atoms with Crippen LogP contribution in [0, 0.1) is 5.82 Å². The van der Waals surface area contributed by atoms with Gasteiger partial charge < -0.3 is 15.6 Å². The van der Waals surface area contributed by atoms with E-state index in [1.807, 2.05) is 24.4 Å². The minimum absolute atomic E-state index is 0.339. The second kappa shape index (κ2) is 6.20. The third-order valence-electron chi connectivity index (χ3n) is 3.94. The zero-order valence-electron chi connectivity index (χ0n) is 13.4. The van der Waals surface area contributed by atoms with Gasteiger partial charge in [0.2, 0.25) is 0 Å². The number of halogens is 1. The molecule has 0 atom stereocenters. The number of hydrogen-bond donors (Lipinski definition) is 3. The van der Waals surface area contributed by atoms with Gasteiger partial charge in [0.25, 0.3) is 0 Å². The molecule has 3 N–H and O–H groups in total. The molecule has 4 rings (SSSR count). The van der Waals surface area contributed by atoms with Crippen LogP contribution in [0.15, 0.2) is 55.1 Å². The summed E-state index contributed by atoms with van der Waals surface area (Å²) in [5.41, 5.74) is 2.99. The molecule has 6 nitrogen and oxygen atoms in total. The molecular formula is C18H15FN6. The van der Waals surface area contributed by atoms with Gasteiger partial charge in [0.15, 0.2) is 5.82 Å². The number of rotatable bonds is 4. The lowest BCUT2D eigenvalue weighted by Crippen LogP contribution is -2.01. The lowest BCUT2D eigenvalue weighted by atomic mass is 10.1. The Morgan fingerprint density at radius 2 is 1.88 bits per heavy atom. The minimum atomic E-state index is -0.365. The average molecular weight is 334 g/mol. The van der Waals surface area contributed by atoms with Crippen LogP contribution in [-0.2, 0) is 0 Å². The topological polar surface area (TPSA) is 78.5 Å². The number of nitrogens with zero attached hydrogens (tertiary/aromatic N) is 3. The van der Waals surface area contributed by atoms with Gasteiger partial charge in [-0.3, -0.25) is 0 Å². The van der Waals surface area contributed by atoms with E-state index in [0.29, 0.717) is 17.2 Å². The quantitative estimate of drug-likeness (QED) is 0.527. The Morgan fingerprint density at radius 1 is 1.00 bits per heavy atom. The van der Waals surface area contributed by atoms with Crippen molar-refractivity contribution in [1.29, 1.82) is 0 Å². The summed E-state index contributed by atoms with van der Waals surface area (Å²) in [6.07, 6.45) is 4.96. The number of pyridine rings is 1. The van der Waals surface area contributed by atoms with Crippen molar-refractivity contribution in [3.63, 3.8) is 0 Å². The summed E-state index contributed by atoms with van der Waals surface area (Å²) in [5, 5.41) is 6.78. The number of benzene rings is 1. The van der Waals surface area contributed by atoms with Crippen molar-refractivity contribution in [3.05, 3.63) is 60.9 Å². The zero-order chi connectivity index (χ0) is 17.2. The summed E-state index contributed by atoms with van der Waals surface area (Å²) in [7, 11) is 1.68. The van der Waals surface area contributed by atoms with Gasteiger partial charge in [-0.25, -0.2) is 19.3 Å². The first kappa shape index (κ1) is 15.1. The molecule has 3 aromatic heterocycles. The van der Waals surface area contributed by atoms with E-state index >= 15 is 0 Å². The molecule has 25 heavy (non-hydrogen) atoms. The summed E-state index contributed by atoms with van der Waals surface area (Å²) in [6, 6.07) is 10.7. The minimum Gasteiger partial charge on any atom is -0.386 e. The molecule has 0 saturated carbocycles. The molecule has 0 saturated heterocycles. The summed E-state index contributed by atoms with van der Waals surface area (Å²) in [6.45, 7) is 0. The van der Waals surface area contributed by atoms with Gasteiger partial charge in [-0.1, -0.05) is 6.07 Å². The van der Waals surface area contributed by atoms with Crippen molar-refractivity contribution in [2.24, 2.45) is 0 Å². The van der Waals surface area contributed by atoms with Gasteiger partial charge in [-0.15, -0.1) is 0 Å². The number of H-pyrrole nitrogens is 1. The van der Waals surface area contributed by atoms with Gasteiger partial charge >= 0.3 is 0 Å². The van der Waals surface area contributed by atoms with Gasteiger partial charge in [0.05, 0.1) is 17.1 Å². The highest BCUT2D eigenvalue weighted by molar-refractivity contribution is 5.94. The van der Waals surface area contributed by atoms with Crippen molar-refractivity contribution in [3.8, 4) is 11.3 Å². The molecule has 0 aliphatic rings. The number of anilines is 3. The SMILES string of the molecule is CNc1cccc(Nc2ncccc2-c2ncnc3[nH]ccc23)c1F. The standard InChI is InChI=1S/C18H15FN6/c1-20-13-5-2-6-14(15(13)19)25-18-11(4-3-8-21-18)16-12-7-9-22-17(12)24-10-23-16/h2-10,20H,1H3,(H,21,25)(H,22,23,24). The van der Waals surface area contributed by atoms with Crippen molar-refractivity contribution in [1.82, 2.24) is 19.9 Å². The summed E-state index contributed by atoms with van der Waals surface area (Å²) in [5.74, 6) is 0.159. The Bertz CT molecular complexity index is 1040. The molecule has 0 fully saturated rings. The summed E-state index contributed by atoms with van der Waals surface area (Å²) >= 11 is 0. The molecule has 1 aromatic carbocycles. The van der Waals surface area contributed by atoms with Crippen LogP contribution in [0.25, 0.3) is 22.3 Å². The Morgan fingerprint density at radius 3 is 2.76 bits per heavy atom. The van der Waals surface area contributed by atoms with Gasteiger partial charge in [0, 0.05) is 30.4 Å². The average Bonchev–Trinajstić information content (AvgIpc) is 3.13. The number of nitrogens with one attached hydrogen (secondary N) is 3. The van der Waals surface area contributed by atoms with E-state index in [2.05, 4.69) is 30.6 Å². The molecule has 3 heterocycles. The Balaban J connectivity index is 1.82. The Hall–Kier alpha value is -3.48. The second-order valence-corrected chi connectivity index (χ2v) is 5.40. The molecule has 0 aliphatic heterocycles. The summed E-state index contributed by atoms with van der Waals surface area (Å²) < 4.78 is 14.5. The molecule has 4 aromatic rings. The van der Waals surface area contributed by atoms with Gasteiger partial charge in [-0.2, -0.15) is 0 Å². The normalized spacial score (nSPS) is 10.8. The molecular weight excluding hydrogens is 319 g/mol. The molecule has 0 bridgehead atoms. The third kappa shape index (κ3) is 2.65. The smallest absolute Gasteiger partial charge is 0.169 e. The molecule has 7 heteroatoms. The maximum atomic E-state index is 14.5. The van der Waals surface area contributed by atoms with E-state index in [-0.39, 0.29) is 5.82 Å². The van der Waals surface area contributed by atoms with E-state index in [1.54, 1.807) is 31.4 Å². The number of fused-ring (bicyclic) bond motifs is 1. The first-order valence-corrected chi connectivity index (χ1v) is 7.74. The Labute approximate surface area is 143 Å². The van der Waals surface area contributed by atoms with Crippen LogP contribution in [0.1, 0.15) is 0 Å². The largest absolute Gasteiger partial charge is 0.386 e. The molecule has 0 unspecified atom stereocenters. The highest BCUT2D eigenvalue weighted by Gasteiger charge is 2.14. The first-order valence-electron chi connectivity index (χ1n) is 7.74. The monoisotopic (exact) mass is 334 g/mol. The van der Waals surface area contributed by atoms with Crippen LogP contribution in [0.4, 0.5) is 21.6 Å². The van der Waals surface area contributed by atoms with Crippen molar-refractivity contribution >= 4 is 28.2 Å². The van der Waals surface area contributed by atoms with Crippen molar-refractivity contribution < 1.29 is 4.39 Å². The zero-order valence-corrected chi connectivity index (χ0v) is 13.4. The van der Waals surface area contributed by atoms with Crippen LogP contribution in [-0.4, -0.2) is 27.0 Å². The Kier molecular flexibility index (Phi) is 3.74. The molecule has 0 aliphatic carbocycles. The lowest BCUT2D eigenvalue weighted by Gasteiger charge is -2.13. The molecule has 0 spiro atoms. The van der Waals surface area contributed by atoms with Crippen LogP contribution in [0.3, 0.4) is 0 Å². The van der Waals surface area contributed by atoms with Gasteiger partial charge in [-0.05, 0) is 30.3 Å². The summed E-state index contributed by atoms with van der Waals surface area (Å²) in [4.78, 5) is 16.0. The van der Waals surface area contributed by atoms with Crippen LogP contribution < -0.4 is 10.6 Å². The highest BCUT2D eigenvalue weighted by Crippen LogP contribution is 2.32. The molecule has 124 valence electrons. The molecule has 0 radical (unpaired) electrons. The van der Waals surface area contributed by atoms with Crippen molar-refractivity contribution in [2.75, 3.05) is 17.7 Å². The van der Waals surface area contributed by atoms with E-state index in [4.69, 9.17) is 0 Å². The number of aromatic nitrogens is 4. The lowest BCUT2D eigenvalue weighted by molar-refractivity contribution is 0.635. The molecule has 0 amide bonds. The van der Waals surface area contributed by atoms with Gasteiger partial charge in [0.1, 0.15) is 17.8 Å².